The number of rotatable bonds is 4. The second-order valence-corrected chi connectivity index (χ2v) is 5.50. The van der Waals surface area contributed by atoms with Gasteiger partial charge in [0.25, 0.3) is 5.91 Å². The minimum absolute atomic E-state index is 0.0376. The molecular weight excluding hydrogens is 314 g/mol. The minimum Gasteiger partial charge on any atom is -0.490 e. The third kappa shape index (κ3) is 3.10. The van der Waals surface area contributed by atoms with Gasteiger partial charge in [-0.1, -0.05) is 12.1 Å². The summed E-state index contributed by atoms with van der Waals surface area (Å²) in [6.45, 7) is 3.23. The average molecular weight is 332 g/mol. The summed E-state index contributed by atoms with van der Waals surface area (Å²) in [5, 5.41) is 5.69. The highest BCUT2D eigenvalue weighted by Crippen LogP contribution is 2.27. The fraction of sp³-hybridized carbons (Fsp3) is 0.278. The molecule has 6 heteroatoms. The summed E-state index contributed by atoms with van der Waals surface area (Å²) in [5.74, 6) is -1.79. The molecule has 2 aromatic rings. The summed E-state index contributed by atoms with van der Waals surface area (Å²) < 4.78 is 33.7. The Bertz CT molecular complexity index is 778. The maximum atomic E-state index is 14.6. The van der Waals surface area contributed by atoms with Crippen LogP contribution in [0, 0.1) is 11.6 Å². The Labute approximate surface area is 138 Å². The first-order valence-electron chi connectivity index (χ1n) is 7.85. The Morgan fingerprint density at radius 1 is 1.29 bits per heavy atom. The number of benzene rings is 2. The van der Waals surface area contributed by atoms with Gasteiger partial charge in [-0.05, 0) is 49.2 Å². The van der Waals surface area contributed by atoms with E-state index >= 15 is 0 Å². The highest BCUT2D eigenvalue weighted by Gasteiger charge is 2.20. The van der Waals surface area contributed by atoms with E-state index in [-0.39, 0.29) is 23.6 Å². The van der Waals surface area contributed by atoms with Crippen LogP contribution >= 0.6 is 0 Å². The molecular formula is C18H18F2N2O2. The van der Waals surface area contributed by atoms with Gasteiger partial charge >= 0.3 is 0 Å². The molecule has 0 spiro atoms. The van der Waals surface area contributed by atoms with E-state index in [1.54, 1.807) is 13.0 Å². The van der Waals surface area contributed by atoms with Gasteiger partial charge in [0, 0.05) is 6.54 Å². The van der Waals surface area contributed by atoms with Gasteiger partial charge in [-0.3, -0.25) is 4.79 Å². The number of para-hydroxylation sites is 1. The fourth-order valence-electron chi connectivity index (χ4n) is 2.80. The van der Waals surface area contributed by atoms with Crippen molar-refractivity contribution in [3.05, 3.63) is 58.7 Å². The van der Waals surface area contributed by atoms with Crippen molar-refractivity contribution in [2.24, 2.45) is 0 Å². The Hall–Kier alpha value is -2.47. The van der Waals surface area contributed by atoms with Gasteiger partial charge in [-0.25, -0.2) is 8.78 Å². The van der Waals surface area contributed by atoms with Crippen LogP contribution in [-0.4, -0.2) is 19.1 Å². The van der Waals surface area contributed by atoms with Gasteiger partial charge in [0.05, 0.1) is 17.9 Å². The van der Waals surface area contributed by atoms with E-state index in [0.29, 0.717) is 25.1 Å². The van der Waals surface area contributed by atoms with Gasteiger partial charge in [-0.2, -0.15) is 0 Å². The summed E-state index contributed by atoms with van der Waals surface area (Å²) in [6.07, 6.45) is 0.565. The number of hydrogen-bond acceptors (Lipinski definition) is 3. The maximum Gasteiger partial charge on any atom is 0.259 e. The molecule has 24 heavy (non-hydrogen) atoms. The van der Waals surface area contributed by atoms with Crippen molar-refractivity contribution in [1.82, 2.24) is 5.32 Å². The van der Waals surface area contributed by atoms with Crippen LogP contribution in [0.25, 0.3) is 0 Å². The van der Waals surface area contributed by atoms with E-state index in [9.17, 15) is 13.6 Å². The van der Waals surface area contributed by atoms with Gasteiger partial charge in [0.2, 0.25) is 0 Å². The second-order valence-electron chi connectivity index (χ2n) is 5.50. The van der Waals surface area contributed by atoms with Crippen molar-refractivity contribution in [2.45, 2.75) is 19.9 Å². The van der Waals surface area contributed by atoms with Crippen LogP contribution in [0.3, 0.4) is 0 Å². The molecule has 126 valence electrons. The lowest BCUT2D eigenvalue weighted by molar-refractivity contribution is 0.102. The minimum atomic E-state index is -0.624. The second kappa shape index (κ2) is 6.97. The van der Waals surface area contributed by atoms with Crippen LogP contribution in [0.5, 0.6) is 5.75 Å². The molecule has 0 saturated carbocycles. The zero-order valence-electron chi connectivity index (χ0n) is 13.3. The lowest BCUT2D eigenvalue weighted by atomic mass is 9.99. The van der Waals surface area contributed by atoms with Crippen LogP contribution in [0.15, 0.2) is 30.3 Å². The number of carbonyl (C=O) groups is 1. The van der Waals surface area contributed by atoms with Gasteiger partial charge in [0.15, 0.2) is 11.6 Å². The van der Waals surface area contributed by atoms with Crippen molar-refractivity contribution in [2.75, 3.05) is 18.5 Å². The summed E-state index contributed by atoms with van der Waals surface area (Å²) in [5.41, 5.74) is 1.62. The van der Waals surface area contributed by atoms with Gasteiger partial charge < -0.3 is 15.4 Å². The summed E-state index contributed by atoms with van der Waals surface area (Å²) in [4.78, 5) is 12.4. The molecule has 1 heterocycles. The maximum absolute atomic E-state index is 14.6. The molecule has 0 bridgehead atoms. The monoisotopic (exact) mass is 332 g/mol. The Kier molecular flexibility index (Phi) is 4.76. The molecule has 0 unspecified atom stereocenters. The lowest BCUT2D eigenvalue weighted by Crippen LogP contribution is -2.25. The number of carbonyl (C=O) groups excluding carboxylic acids is 1. The number of amides is 1. The number of hydrogen-bond donors (Lipinski definition) is 2. The zero-order valence-corrected chi connectivity index (χ0v) is 13.3. The topological polar surface area (TPSA) is 50.4 Å². The van der Waals surface area contributed by atoms with Crippen LogP contribution < -0.4 is 15.4 Å². The summed E-state index contributed by atoms with van der Waals surface area (Å²) >= 11 is 0. The summed E-state index contributed by atoms with van der Waals surface area (Å²) in [6, 6.07) is 7.40. The SMILES string of the molecule is CCOc1c(F)cccc1C(=O)Nc1ccc2c(c1F)CCNC2. The van der Waals surface area contributed by atoms with Crippen molar-refractivity contribution >= 4 is 11.6 Å². The molecule has 0 fully saturated rings. The first-order valence-corrected chi connectivity index (χ1v) is 7.85. The molecule has 1 aliphatic rings. The molecule has 2 aromatic carbocycles. The predicted octanol–water partition coefficient (Wildman–Crippen LogP) is 3.26. The first-order chi connectivity index (χ1) is 11.6. The molecule has 1 aliphatic heterocycles. The average Bonchev–Trinajstić information content (AvgIpc) is 2.59. The standard InChI is InChI=1S/C18H18F2N2O2/c1-2-24-17-13(4-3-5-14(17)19)18(23)22-15-7-6-11-10-21-9-8-12(11)16(15)20/h3-7,21H,2,8-10H2,1H3,(H,22,23). The zero-order chi connectivity index (χ0) is 17.1. The van der Waals surface area contributed by atoms with Crippen molar-refractivity contribution in [3.8, 4) is 5.75 Å². The van der Waals surface area contributed by atoms with Crippen molar-refractivity contribution in [3.63, 3.8) is 0 Å². The smallest absolute Gasteiger partial charge is 0.259 e. The van der Waals surface area contributed by atoms with E-state index in [0.717, 1.165) is 5.56 Å². The van der Waals surface area contributed by atoms with E-state index in [2.05, 4.69) is 10.6 Å². The van der Waals surface area contributed by atoms with E-state index in [1.165, 1.54) is 24.3 Å². The molecule has 1 amide bonds. The number of anilines is 1. The molecule has 0 aromatic heterocycles. The number of fused-ring (bicyclic) bond motifs is 1. The Morgan fingerprint density at radius 2 is 2.12 bits per heavy atom. The highest BCUT2D eigenvalue weighted by atomic mass is 19.1. The molecule has 2 N–H and O–H groups in total. The van der Waals surface area contributed by atoms with E-state index in [1.807, 2.05) is 0 Å². The summed E-state index contributed by atoms with van der Waals surface area (Å²) in [7, 11) is 0. The van der Waals surface area contributed by atoms with Gasteiger partial charge in [0.1, 0.15) is 5.82 Å². The molecule has 3 rings (SSSR count). The fourth-order valence-corrected chi connectivity index (χ4v) is 2.80. The highest BCUT2D eigenvalue weighted by molar-refractivity contribution is 6.06. The predicted molar refractivity (Wildman–Crippen MR) is 87.3 cm³/mol. The van der Waals surface area contributed by atoms with Crippen molar-refractivity contribution in [1.29, 1.82) is 0 Å². The molecule has 4 nitrogen and oxygen atoms in total. The normalized spacial score (nSPS) is 13.3. The number of nitrogens with one attached hydrogen (secondary N) is 2. The molecule has 0 atom stereocenters. The van der Waals surface area contributed by atoms with Crippen LogP contribution in [0.4, 0.5) is 14.5 Å². The first kappa shape index (κ1) is 16.4. The van der Waals surface area contributed by atoms with E-state index in [4.69, 9.17) is 4.74 Å². The largest absolute Gasteiger partial charge is 0.490 e. The molecule has 0 saturated heterocycles. The third-order valence-corrected chi connectivity index (χ3v) is 3.96. The lowest BCUT2D eigenvalue weighted by Gasteiger charge is -2.19. The molecule has 0 radical (unpaired) electrons. The quantitative estimate of drug-likeness (QED) is 0.903. The van der Waals surface area contributed by atoms with Crippen LogP contribution in [0.1, 0.15) is 28.4 Å². The van der Waals surface area contributed by atoms with Crippen LogP contribution in [-0.2, 0) is 13.0 Å². The molecule has 0 aliphatic carbocycles. The Balaban J connectivity index is 1.90. The van der Waals surface area contributed by atoms with Gasteiger partial charge in [-0.15, -0.1) is 0 Å². The van der Waals surface area contributed by atoms with E-state index < -0.39 is 17.5 Å². The van der Waals surface area contributed by atoms with Crippen LogP contribution in [0.2, 0.25) is 0 Å². The third-order valence-electron chi connectivity index (χ3n) is 3.96. The number of ether oxygens (including phenoxy) is 1. The Morgan fingerprint density at radius 3 is 2.92 bits per heavy atom. The van der Waals surface area contributed by atoms with Crippen molar-refractivity contribution < 1.29 is 18.3 Å². The number of halogens is 2.